The SMILES string of the molecule is CC(NC(=O)NCC[C@H](O)C(=O)O)c1ncn[nH]1. The first-order valence-electron chi connectivity index (χ1n) is 5.31. The van der Waals surface area contributed by atoms with Gasteiger partial charge in [0, 0.05) is 13.0 Å². The van der Waals surface area contributed by atoms with Crippen molar-refractivity contribution in [3.63, 3.8) is 0 Å². The summed E-state index contributed by atoms with van der Waals surface area (Å²) in [4.78, 5) is 25.6. The fourth-order valence-electron chi connectivity index (χ4n) is 1.19. The molecule has 0 aliphatic rings. The van der Waals surface area contributed by atoms with Gasteiger partial charge >= 0.3 is 12.0 Å². The molecule has 18 heavy (non-hydrogen) atoms. The third-order valence-electron chi connectivity index (χ3n) is 2.18. The van der Waals surface area contributed by atoms with Crippen molar-refractivity contribution in [3.8, 4) is 0 Å². The number of nitrogens with one attached hydrogen (secondary N) is 3. The number of amides is 2. The van der Waals surface area contributed by atoms with Crippen LogP contribution < -0.4 is 10.6 Å². The minimum Gasteiger partial charge on any atom is -0.479 e. The van der Waals surface area contributed by atoms with Crippen molar-refractivity contribution >= 4 is 12.0 Å². The number of nitrogens with zero attached hydrogens (tertiary/aromatic N) is 2. The Morgan fingerprint density at radius 3 is 2.83 bits per heavy atom. The average molecular weight is 257 g/mol. The van der Waals surface area contributed by atoms with Gasteiger partial charge in [0.25, 0.3) is 0 Å². The quantitative estimate of drug-likeness (QED) is 0.442. The Hall–Kier alpha value is -2.16. The number of carboxylic acids is 1. The number of carboxylic acid groups (broad SMARTS) is 1. The first kappa shape index (κ1) is 13.9. The first-order valence-corrected chi connectivity index (χ1v) is 5.31. The molecule has 2 atom stereocenters. The number of urea groups is 1. The lowest BCUT2D eigenvalue weighted by atomic mass is 10.2. The minimum atomic E-state index is -1.48. The standard InChI is InChI=1S/C9H15N5O4/c1-5(7-11-4-12-14-7)13-9(18)10-3-2-6(15)8(16)17/h4-6,15H,2-3H2,1H3,(H,16,17)(H2,10,13,18)(H,11,12,14)/t5?,6-/m0/s1. The molecule has 9 nitrogen and oxygen atoms in total. The zero-order valence-corrected chi connectivity index (χ0v) is 9.75. The van der Waals surface area contributed by atoms with Crippen LogP contribution in [0.5, 0.6) is 0 Å². The second-order valence-corrected chi connectivity index (χ2v) is 3.64. The van der Waals surface area contributed by atoms with E-state index in [0.717, 1.165) is 0 Å². The molecule has 1 aromatic heterocycles. The summed E-state index contributed by atoms with van der Waals surface area (Å²) >= 11 is 0. The predicted molar refractivity (Wildman–Crippen MR) is 59.6 cm³/mol. The summed E-state index contributed by atoms with van der Waals surface area (Å²) in [6, 6.07) is -0.826. The van der Waals surface area contributed by atoms with E-state index in [-0.39, 0.29) is 19.0 Å². The number of hydrogen-bond donors (Lipinski definition) is 5. The van der Waals surface area contributed by atoms with Crippen LogP contribution in [0.15, 0.2) is 6.33 Å². The molecule has 1 unspecified atom stereocenters. The Kier molecular flexibility index (Phi) is 5.06. The molecule has 5 N–H and O–H groups in total. The summed E-state index contributed by atoms with van der Waals surface area (Å²) < 4.78 is 0. The summed E-state index contributed by atoms with van der Waals surface area (Å²) in [5, 5.41) is 28.7. The summed E-state index contributed by atoms with van der Waals surface area (Å²) in [6.45, 7) is 1.77. The summed E-state index contributed by atoms with van der Waals surface area (Å²) in [5.41, 5.74) is 0. The Labute approximate surface area is 103 Å². The molecule has 0 aliphatic carbocycles. The Bertz CT molecular complexity index is 394. The molecule has 0 radical (unpaired) electrons. The Balaban J connectivity index is 2.24. The van der Waals surface area contributed by atoms with E-state index in [1.165, 1.54) is 6.33 Å². The van der Waals surface area contributed by atoms with Crippen LogP contribution in [0.1, 0.15) is 25.2 Å². The highest BCUT2D eigenvalue weighted by atomic mass is 16.4. The van der Waals surface area contributed by atoms with Crippen LogP contribution in [0, 0.1) is 0 Å². The van der Waals surface area contributed by atoms with E-state index in [9.17, 15) is 9.59 Å². The van der Waals surface area contributed by atoms with Crippen molar-refractivity contribution in [3.05, 3.63) is 12.2 Å². The number of aliphatic hydroxyl groups is 1. The summed E-state index contributed by atoms with van der Waals surface area (Å²) in [6.07, 6.45) is -0.203. The molecule has 100 valence electrons. The molecule has 1 heterocycles. The van der Waals surface area contributed by atoms with Crippen molar-refractivity contribution in [2.75, 3.05) is 6.54 Å². The van der Waals surface area contributed by atoms with E-state index in [1.54, 1.807) is 6.92 Å². The number of aromatic amines is 1. The van der Waals surface area contributed by atoms with Crippen LogP contribution in [-0.4, -0.2) is 50.0 Å². The topological polar surface area (TPSA) is 140 Å². The maximum absolute atomic E-state index is 11.4. The molecule has 9 heteroatoms. The fraction of sp³-hybridized carbons (Fsp3) is 0.556. The van der Waals surface area contributed by atoms with Crippen LogP contribution in [0.4, 0.5) is 4.79 Å². The monoisotopic (exact) mass is 257 g/mol. The predicted octanol–water partition coefficient (Wildman–Crippen LogP) is -0.999. The van der Waals surface area contributed by atoms with Gasteiger partial charge in [-0.25, -0.2) is 14.6 Å². The van der Waals surface area contributed by atoms with Gasteiger partial charge in [0.1, 0.15) is 12.2 Å². The van der Waals surface area contributed by atoms with Gasteiger partial charge in [0.05, 0.1) is 6.04 Å². The number of H-pyrrole nitrogens is 1. The molecule has 0 bridgehead atoms. The Morgan fingerprint density at radius 2 is 2.28 bits per heavy atom. The zero-order chi connectivity index (χ0) is 13.5. The highest BCUT2D eigenvalue weighted by Gasteiger charge is 2.14. The van der Waals surface area contributed by atoms with Crippen molar-refractivity contribution < 1.29 is 19.8 Å². The molecule has 0 saturated heterocycles. The number of carbonyl (C=O) groups is 2. The van der Waals surface area contributed by atoms with E-state index in [4.69, 9.17) is 10.2 Å². The van der Waals surface area contributed by atoms with E-state index < -0.39 is 18.1 Å². The molecule has 1 rings (SSSR count). The molecule has 0 saturated carbocycles. The maximum Gasteiger partial charge on any atom is 0.332 e. The molecule has 0 spiro atoms. The van der Waals surface area contributed by atoms with Gasteiger partial charge in [-0.2, -0.15) is 5.10 Å². The van der Waals surface area contributed by atoms with Gasteiger partial charge in [-0.05, 0) is 6.92 Å². The number of carbonyl (C=O) groups excluding carboxylic acids is 1. The zero-order valence-electron chi connectivity index (χ0n) is 9.75. The van der Waals surface area contributed by atoms with Gasteiger partial charge in [-0.1, -0.05) is 0 Å². The number of rotatable bonds is 6. The van der Waals surface area contributed by atoms with Crippen LogP contribution in [0.2, 0.25) is 0 Å². The van der Waals surface area contributed by atoms with Crippen LogP contribution in [-0.2, 0) is 4.79 Å². The number of aliphatic hydroxyl groups excluding tert-OH is 1. The lowest BCUT2D eigenvalue weighted by Gasteiger charge is -2.12. The largest absolute Gasteiger partial charge is 0.479 e. The normalized spacial score (nSPS) is 13.7. The number of hydrogen-bond acceptors (Lipinski definition) is 5. The third kappa shape index (κ3) is 4.37. The van der Waals surface area contributed by atoms with E-state index in [2.05, 4.69) is 25.8 Å². The van der Waals surface area contributed by atoms with Gasteiger partial charge in [0.2, 0.25) is 0 Å². The lowest BCUT2D eigenvalue weighted by Crippen LogP contribution is -2.39. The first-order chi connectivity index (χ1) is 8.50. The van der Waals surface area contributed by atoms with E-state index in [1.807, 2.05) is 0 Å². The lowest BCUT2D eigenvalue weighted by molar-refractivity contribution is -0.146. The molecule has 2 amide bonds. The van der Waals surface area contributed by atoms with Gasteiger partial charge in [-0.3, -0.25) is 5.10 Å². The van der Waals surface area contributed by atoms with Crippen LogP contribution >= 0.6 is 0 Å². The molecule has 1 aromatic rings. The summed E-state index contributed by atoms with van der Waals surface area (Å²) in [5.74, 6) is -0.803. The summed E-state index contributed by atoms with van der Waals surface area (Å²) in [7, 11) is 0. The smallest absolute Gasteiger partial charge is 0.332 e. The number of aromatic nitrogens is 3. The molecular formula is C9H15N5O4. The highest BCUT2D eigenvalue weighted by Crippen LogP contribution is 2.02. The maximum atomic E-state index is 11.4. The highest BCUT2D eigenvalue weighted by molar-refractivity contribution is 5.74. The second kappa shape index (κ2) is 6.55. The van der Waals surface area contributed by atoms with Crippen LogP contribution in [0.3, 0.4) is 0 Å². The number of aliphatic carboxylic acids is 1. The Morgan fingerprint density at radius 1 is 1.56 bits per heavy atom. The average Bonchev–Trinajstić information content (AvgIpc) is 2.81. The van der Waals surface area contributed by atoms with Crippen molar-refractivity contribution in [1.82, 2.24) is 25.8 Å². The molecular weight excluding hydrogens is 242 g/mol. The fourth-order valence-corrected chi connectivity index (χ4v) is 1.19. The van der Waals surface area contributed by atoms with Crippen molar-refractivity contribution in [1.29, 1.82) is 0 Å². The molecule has 0 aliphatic heterocycles. The molecule has 0 aromatic carbocycles. The molecule has 0 fully saturated rings. The third-order valence-corrected chi connectivity index (χ3v) is 2.18. The second-order valence-electron chi connectivity index (χ2n) is 3.64. The van der Waals surface area contributed by atoms with Gasteiger partial charge in [0.15, 0.2) is 6.10 Å². The van der Waals surface area contributed by atoms with Crippen LogP contribution in [0.25, 0.3) is 0 Å². The van der Waals surface area contributed by atoms with E-state index in [0.29, 0.717) is 5.82 Å². The van der Waals surface area contributed by atoms with Gasteiger partial charge < -0.3 is 20.8 Å². The van der Waals surface area contributed by atoms with Crippen molar-refractivity contribution in [2.45, 2.75) is 25.5 Å². The van der Waals surface area contributed by atoms with Gasteiger partial charge in [-0.15, -0.1) is 0 Å². The minimum absolute atomic E-state index is 0.0561. The van der Waals surface area contributed by atoms with E-state index >= 15 is 0 Å². The van der Waals surface area contributed by atoms with Crippen molar-refractivity contribution in [2.24, 2.45) is 0 Å².